The summed E-state index contributed by atoms with van der Waals surface area (Å²) in [6.45, 7) is 2.97. The second-order valence-electron chi connectivity index (χ2n) is 4.49. The van der Waals surface area contributed by atoms with Crippen molar-refractivity contribution in [2.75, 3.05) is 0 Å². The molecule has 1 aromatic rings. The lowest BCUT2D eigenvalue weighted by atomic mass is 9.95. The molecule has 1 aliphatic carbocycles. The molecule has 1 aromatic heterocycles. The summed E-state index contributed by atoms with van der Waals surface area (Å²) >= 11 is 0. The third-order valence-electron chi connectivity index (χ3n) is 3.12. The first kappa shape index (κ1) is 10.6. The van der Waals surface area contributed by atoms with Crippen LogP contribution in [-0.2, 0) is 6.54 Å². The number of rotatable bonds is 3. The Labute approximate surface area is 92.1 Å². The van der Waals surface area contributed by atoms with Gasteiger partial charge in [0.25, 0.3) is 0 Å². The van der Waals surface area contributed by atoms with Crippen LogP contribution in [0, 0.1) is 6.92 Å². The molecule has 0 spiro atoms. The molecule has 1 N–H and O–H groups in total. The molecule has 0 amide bonds. The summed E-state index contributed by atoms with van der Waals surface area (Å²) < 4.78 is 0. The zero-order chi connectivity index (χ0) is 10.5. The van der Waals surface area contributed by atoms with Crippen molar-refractivity contribution in [3.63, 3.8) is 0 Å². The van der Waals surface area contributed by atoms with Gasteiger partial charge in [-0.15, -0.1) is 0 Å². The van der Waals surface area contributed by atoms with E-state index in [0.29, 0.717) is 0 Å². The van der Waals surface area contributed by atoms with E-state index < -0.39 is 0 Å². The summed E-state index contributed by atoms with van der Waals surface area (Å²) in [7, 11) is 0. The van der Waals surface area contributed by atoms with E-state index in [1.165, 1.54) is 37.8 Å². The first-order chi connectivity index (χ1) is 7.34. The van der Waals surface area contributed by atoms with Crippen LogP contribution in [0.25, 0.3) is 0 Å². The molecule has 0 radical (unpaired) electrons. The molecule has 2 heteroatoms. The average Bonchev–Trinajstić information content (AvgIpc) is 2.28. The minimum Gasteiger partial charge on any atom is -0.308 e. The maximum absolute atomic E-state index is 4.50. The van der Waals surface area contributed by atoms with E-state index in [1.807, 2.05) is 13.0 Å². The summed E-state index contributed by atoms with van der Waals surface area (Å²) in [5.74, 6) is 0. The molecule has 0 bridgehead atoms. The predicted molar refractivity (Wildman–Crippen MR) is 62.7 cm³/mol. The molecule has 0 unspecified atom stereocenters. The van der Waals surface area contributed by atoms with Gasteiger partial charge < -0.3 is 5.32 Å². The van der Waals surface area contributed by atoms with Gasteiger partial charge in [0.05, 0.1) is 5.69 Å². The van der Waals surface area contributed by atoms with Crippen LogP contribution < -0.4 is 5.32 Å². The molecule has 1 saturated carbocycles. The quantitative estimate of drug-likeness (QED) is 0.819. The van der Waals surface area contributed by atoms with E-state index in [0.717, 1.165) is 18.3 Å². The third-order valence-corrected chi connectivity index (χ3v) is 3.12. The highest BCUT2D eigenvalue weighted by Gasteiger charge is 2.12. The van der Waals surface area contributed by atoms with Crippen molar-refractivity contribution in [3.05, 3.63) is 29.6 Å². The van der Waals surface area contributed by atoms with Crippen LogP contribution in [0.15, 0.2) is 18.2 Å². The standard InChI is InChI=1S/C13H20N2/c1-11-6-5-9-13(15-11)10-14-12-7-3-2-4-8-12/h5-6,9,12,14H,2-4,7-8,10H2,1H3. The van der Waals surface area contributed by atoms with Crippen LogP contribution in [0.3, 0.4) is 0 Å². The first-order valence-corrected chi connectivity index (χ1v) is 6.00. The van der Waals surface area contributed by atoms with Gasteiger partial charge in [0, 0.05) is 18.3 Å². The van der Waals surface area contributed by atoms with Crippen LogP contribution in [-0.4, -0.2) is 11.0 Å². The Morgan fingerprint density at radius 1 is 1.27 bits per heavy atom. The largest absolute Gasteiger partial charge is 0.308 e. The molecule has 1 heterocycles. The highest BCUT2D eigenvalue weighted by atomic mass is 14.9. The van der Waals surface area contributed by atoms with Crippen LogP contribution in [0.4, 0.5) is 0 Å². The molecule has 15 heavy (non-hydrogen) atoms. The molecule has 0 atom stereocenters. The fourth-order valence-corrected chi connectivity index (χ4v) is 2.25. The van der Waals surface area contributed by atoms with Gasteiger partial charge in [-0.2, -0.15) is 0 Å². The minimum atomic E-state index is 0.723. The Bertz CT molecular complexity index is 303. The fraction of sp³-hybridized carbons (Fsp3) is 0.615. The molecule has 2 nitrogen and oxygen atoms in total. The third kappa shape index (κ3) is 3.31. The topological polar surface area (TPSA) is 24.9 Å². The van der Waals surface area contributed by atoms with E-state index in [-0.39, 0.29) is 0 Å². The van der Waals surface area contributed by atoms with Crippen LogP contribution in [0.5, 0.6) is 0 Å². The summed E-state index contributed by atoms with van der Waals surface area (Å²) in [5.41, 5.74) is 2.28. The number of hydrogen-bond acceptors (Lipinski definition) is 2. The van der Waals surface area contributed by atoms with E-state index in [9.17, 15) is 0 Å². The highest BCUT2D eigenvalue weighted by molar-refractivity contribution is 5.09. The lowest BCUT2D eigenvalue weighted by Crippen LogP contribution is -2.30. The van der Waals surface area contributed by atoms with E-state index in [4.69, 9.17) is 0 Å². The monoisotopic (exact) mass is 204 g/mol. The molecule has 1 aliphatic rings. The number of aromatic nitrogens is 1. The van der Waals surface area contributed by atoms with Crippen molar-refractivity contribution in [2.45, 2.75) is 51.6 Å². The molecular formula is C13H20N2. The molecule has 1 fully saturated rings. The molecule has 0 saturated heterocycles. The van der Waals surface area contributed by atoms with Gasteiger partial charge in [-0.3, -0.25) is 4.98 Å². The van der Waals surface area contributed by atoms with Gasteiger partial charge in [-0.25, -0.2) is 0 Å². The Morgan fingerprint density at radius 2 is 2.07 bits per heavy atom. The second kappa shape index (κ2) is 5.26. The number of aryl methyl sites for hydroxylation is 1. The smallest absolute Gasteiger partial charge is 0.0544 e. The lowest BCUT2D eigenvalue weighted by molar-refractivity contribution is 0.371. The van der Waals surface area contributed by atoms with Crippen molar-refractivity contribution >= 4 is 0 Å². The van der Waals surface area contributed by atoms with Crippen LogP contribution >= 0.6 is 0 Å². The summed E-state index contributed by atoms with van der Waals surface area (Å²) in [5, 5.41) is 3.60. The molecule has 82 valence electrons. The zero-order valence-electron chi connectivity index (χ0n) is 9.50. The number of hydrogen-bond donors (Lipinski definition) is 1. The van der Waals surface area contributed by atoms with Crippen molar-refractivity contribution in [1.29, 1.82) is 0 Å². The molecular weight excluding hydrogens is 184 g/mol. The van der Waals surface area contributed by atoms with Crippen molar-refractivity contribution < 1.29 is 0 Å². The van der Waals surface area contributed by atoms with Crippen LogP contribution in [0.1, 0.15) is 43.5 Å². The van der Waals surface area contributed by atoms with Gasteiger partial charge in [0.15, 0.2) is 0 Å². The Balaban J connectivity index is 1.81. The second-order valence-corrected chi connectivity index (χ2v) is 4.49. The van der Waals surface area contributed by atoms with E-state index in [1.54, 1.807) is 0 Å². The molecule has 0 aliphatic heterocycles. The van der Waals surface area contributed by atoms with Gasteiger partial charge >= 0.3 is 0 Å². The zero-order valence-corrected chi connectivity index (χ0v) is 9.50. The van der Waals surface area contributed by atoms with Crippen molar-refractivity contribution in [3.8, 4) is 0 Å². The fourth-order valence-electron chi connectivity index (χ4n) is 2.25. The number of pyridine rings is 1. The Hall–Kier alpha value is -0.890. The SMILES string of the molecule is Cc1cccc(CNC2CCCCC2)n1. The Kier molecular flexibility index (Phi) is 3.73. The normalized spacial score (nSPS) is 17.9. The minimum absolute atomic E-state index is 0.723. The Morgan fingerprint density at radius 3 is 2.80 bits per heavy atom. The van der Waals surface area contributed by atoms with Gasteiger partial charge in [0.2, 0.25) is 0 Å². The van der Waals surface area contributed by atoms with Gasteiger partial charge in [-0.1, -0.05) is 25.3 Å². The van der Waals surface area contributed by atoms with Gasteiger partial charge in [0.1, 0.15) is 0 Å². The lowest BCUT2D eigenvalue weighted by Gasteiger charge is -2.22. The number of nitrogens with zero attached hydrogens (tertiary/aromatic N) is 1. The van der Waals surface area contributed by atoms with Gasteiger partial charge in [-0.05, 0) is 31.9 Å². The first-order valence-electron chi connectivity index (χ1n) is 6.00. The van der Waals surface area contributed by atoms with E-state index in [2.05, 4.69) is 22.4 Å². The van der Waals surface area contributed by atoms with Crippen molar-refractivity contribution in [1.82, 2.24) is 10.3 Å². The highest BCUT2D eigenvalue weighted by Crippen LogP contribution is 2.17. The number of nitrogens with one attached hydrogen (secondary N) is 1. The summed E-state index contributed by atoms with van der Waals surface area (Å²) in [6.07, 6.45) is 6.87. The van der Waals surface area contributed by atoms with Crippen molar-refractivity contribution in [2.24, 2.45) is 0 Å². The maximum atomic E-state index is 4.50. The maximum Gasteiger partial charge on any atom is 0.0544 e. The summed E-state index contributed by atoms with van der Waals surface area (Å²) in [6, 6.07) is 6.95. The molecule has 2 rings (SSSR count). The average molecular weight is 204 g/mol. The summed E-state index contributed by atoms with van der Waals surface area (Å²) in [4.78, 5) is 4.50. The van der Waals surface area contributed by atoms with E-state index >= 15 is 0 Å². The predicted octanol–water partition coefficient (Wildman–Crippen LogP) is 2.81. The molecule has 0 aromatic carbocycles. The van der Waals surface area contributed by atoms with Crippen LogP contribution in [0.2, 0.25) is 0 Å².